The highest BCUT2D eigenvalue weighted by Gasteiger charge is 1.99. The Hall–Kier alpha value is 1.16. The van der Waals surface area contributed by atoms with E-state index in [1.54, 1.807) is 0 Å². The van der Waals surface area contributed by atoms with Gasteiger partial charge in [0, 0.05) is 0 Å². The predicted octanol–water partition coefficient (Wildman–Crippen LogP) is 6.49. The van der Waals surface area contributed by atoms with E-state index in [0.29, 0.717) is 0 Å². The SMILES string of the molecule is ClC(Cl)CCCCCCCCCCC(Cl)Cl. The van der Waals surface area contributed by atoms with Gasteiger partial charge >= 0.3 is 0 Å². The number of hydrogen-bond donors (Lipinski definition) is 0. The van der Waals surface area contributed by atoms with Crippen molar-refractivity contribution in [2.24, 2.45) is 0 Å². The van der Waals surface area contributed by atoms with E-state index in [-0.39, 0.29) is 9.67 Å². The largest absolute Gasteiger partial charge is 0.107 e. The molecule has 0 aliphatic rings. The van der Waals surface area contributed by atoms with Crippen LogP contribution in [0.25, 0.3) is 0 Å². The van der Waals surface area contributed by atoms with Crippen LogP contribution in [-0.4, -0.2) is 9.67 Å². The molecule has 16 heavy (non-hydrogen) atoms. The molecule has 0 aromatic heterocycles. The van der Waals surface area contributed by atoms with Crippen LogP contribution in [0.3, 0.4) is 0 Å². The lowest BCUT2D eigenvalue weighted by Gasteiger charge is -2.03. The van der Waals surface area contributed by atoms with Crippen LogP contribution in [0, 0.1) is 0 Å². The minimum Gasteiger partial charge on any atom is -0.105 e. The van der Waals surface area contributed by atoms with E-state index < -0.39 is 0 Å². The second-order valence-corrected chi connectivity index (χ2v) is 6.74. The lowest BCUT2D eigenvalue weighted by Crippen LogP contribution is -1.88. The van der Waals surface area contributed by atoms with Crippen molar-refractivity contribution in [3.05, 3.63) is 0 Å². The van der Waals surface area contributed by atoms with Crippen molar-refractivity contribution in [2.75, 3.05) is 0 Å². The van der Waals surface area contributed by atoms with E-state index in [2.05, 4.69) is 0 Å². The summed E-state index contributed by atoms with van der Waals surface area (Å²) in [6.07, 6.45) is 11.9. The maximum atomic E-state index is 5.64. The van der Waals surface area contributed by atoms with Gasteiger partial charge in [-0.15, -0.1) is 46.4 Å². The van der Waals surface area contributed by atoms with Crippen LogP contribution in [0.2, 0.25) is 0 Å². The summed E-state index contributed by atoms with van der Waals surface area (Å²) >= 11 is 22.6. The molecule has 0 spiro atoms. The molecule has 0 N–H and O–H groups in total. The van der Waals surface area contributed by atoms with Crippen LogP contribution in [0.15, 0.2) is 0 Å². The Kier molecular flexibility index (Phi) is 13.5. The minimum atomic E-state index is -0.181. The average Bonchev–Trinajstić information content (AvgIpc) is 2.20. The first-order valence-corrected chi connectivity index (χ1v) is 7.94. The Morgan fingerprint density at radius 3 is 0.938 bits per heavy atom. The number of unbranched alkanes of at least 4 members (excludes halogenated alkanes) is 7. The number of halogens is 4. The minimum absolute atomic E-state index is 0.181. The van der Waals surface area contributed by atoms with Crippen molar-refractivity contribution in [1.29, 1.82) is 0 Å². The maximum absolute atomic E-state index is 5.64. The van der Waals surface area contributed by atoms with Crippen LogP contribution in [0.1, 0.15) is 64.2 Å². The zero-order valence-corrected chi connectivity index (χ0v) is 12.8. The molecule has 0 saturated carbocycles. The molecule has 0 amide bonds. The summed E-state index contributed by atoms with van der Waals surface area (Å²) in [5, 5.41) is 0. The molecule has 0 radical (unpaired) electrons. The number of hydrogen-bond acceptors (Lipinski definition) is 0. The highest BCUT2D eigenvalue weighted by atomic mass is 35.5. The third kappa shape index (κ3) is 15.2. The Balaban J connectivity index is 2.93. The third-order valence-corrected chi connectivity index (χ3v) is 3.47. The molecule has 0 fully saturated rings. The summed E-state index contributed by atoms with van der Waals surface area (Å²) in [7, 11) is 0. The molecule has 98 valence electrons. The molecule has 4 heteroatoms. The van der Waals surface area contributed by atoms with Crippen LogP contribution in [-0.2, 0) is 0 Å². The molecular weight excluding hydrogens is 286 g/mol. The van der Waals surface area contributed by atoms with Crippen LogP contribution in [0.5, 0.6) is 0 Å². The van der Waals surface area contributed by atoms with Crippen molar-refractivity contribution in [3.8, 4) is 0 Å². The molecule has 0 unspecified atom stereocenters. The molecule has 0 aromatic carbocycles. The molecule has 0 aromatic rings. The monoisotopic (exact) mass is 306 g/mol. The first-order valence-electron chi connectivity index (χ1n) is 6.19. The van der Waals surface area contributed by atoms with Crippen molar-refractivity contribution < 1.29 is 0 Å². The summed E-state index contributed by atoms with van der Waals surface area (Å²) in [6, 6.07) is 0. The van der Waals surface area contributed by atoms with Gasteiger partial charge in [0.1, 0.15) is 9.67 Å². The van der Waals surface area contributed by atoms with Gasteiger partial charge in [-0.25, -0.2) is 0 Å². The zero-order valence-electron chi connectivity index (χ0n) is 9.74. The van der Waals surface area contributed by atoms with Gasteiger partial charge in [-0.3, -0.25) is 0 Å². The van der Waals surface area contributed by atoms with Crippen molar-refractivity contribution in [3.63, 3.8) is 0 Å². The first-order chi connectivity index (χ1) is 7.63. The molecule has 0 rings (SSSR count). The normalized spacial score (nSPS) is 11.6. The Bertz CT molecular complexity index is 121. The third-order valence-electron chi connectivity index (χ3n) is 2.59. The van der Waals surface area contributed by atoms with Crippen LogP contribution in [0.4, 0.5) is 0 Å². The molecular formula is C12H22Cl4. The van der Waals surface area contributed by atoms with Gasteiger partial charge in [0.25, 0.3) is 0 Å². The molecule has 0 aliphatic carbocycles. The van der Waals surface area contributed by atoms with Gasteiger partial charge in [-0.05, 0) is 12.8 Å². The van der Waals surface area contributed by atoms with Crippen molar-refractivity contribution in [2.45, 2.75) is 73.9 Å². The van der Waals surface area contributed by atoms with Gasteiger partial charge in [0.05, 0.1) is 0 Å². The first kappa shape index (κ1) is 17.2. The molecule has 0 heterocycles. The maximum Gasteiger partial charge on any atom is 0.107 e. The fourth-order valence-corrected chi connectivity index (χ4v) is 2.28. The molecule has 0 nitrogen and oxygen atoms in total. The van der Waals surface area contributed by atoms with E-state index in [1.807, 2.05) is 0 Å². The van der Waals surface area contributed by atoms with Crippen LogP contribution < -0.4 is 0 Å². The summed E-state index contributed by atoms with van der Waals surface area (Å²) in [5.41, 5.74) is 0. The van der Waals surface area contributed by atoms with E-state index in [9.17, 15) is 0 Å². The molecule has 0 atom stereocenters. The van der Waals surface area contributed by atoms with E-state index in [4.69, 9.17) is 46.4 Å². The highest BCUT2D eigenvalue weighted by Crippen LogP contribution is 2.16. The predicted molar refractivity (Wildman–Crippen MR) is 77.2 cm³/mol. The molecule has 0 aliphatic heterocycles. The quantitative estimate of drug-likeness (QED) is 0.302. The summed E-state index contributed by atoms with van der Waals surface area (Å²) < 4.78 is 0. The smallest absolute Gasteiger partial charge is 0.105 e. The summed E-state index contributed by atoms with van der Waals surface area (Å²) in [5.74, 6) is 0. The number of alkyl halides is 4. The lowest BCUT2D eigenvalue weighted by molar-refractivity contribution is 0.559. The second kappa shape index (κ2) is 12.6. The summed E-state index contributed by atoms with van der Waals surface area (Å²) in [6.45, 7) is 0. The lowest BCUT2D eigenvalue weighted by atomic mass is 10.1. The van der Waals surface area contributed by atoms with E-state index in [1.165, 1.54) is 38.5 Å². The van der Waals surface area contributed by atoms with Gasteiger partial charge in [-0.1, -0.05) is 51.4 Å². The van der Waals surface area contributed by atoms with Crippen LogP contribution >= 0.6 is 46.4 Å². The second-order valence-electron chi connectivity index (χ2n) is 4.19. The van der Waals surface area contributed by atoms with Gasteiger partial charge in [0.2, 0.25) is 0 Å². The topological polar surface area (TPSA) is 0 Å². The Morgan fingerprint density at radius 1 is 0.438 bits per heavy atom. The zero-order chi connectivity index (χ0) is 12.2. The average molecular weight is 308 g/mol. The highest BCUT2D eigenvalue weighted by molar-refractivity contribution is 6.44. The van der Waals surface area contributed by atoms with Crippen molar-refractivity contribution >= 4 is 46.4 Å². The van der Waals surface area contributed by atoms with Gasteiger partial charge in [-0.2, -0.15) is 0 Å². The van der Waals surface area contributed by atoms with E-state index in [0.717, 1.165) is 25.7 Å². The fourth-order valence-electron chi connectivity index (χ4n) is 1.66. The van der Waals surface area contributed by atoms with Gasteiger partial charge in [0.15, 0.2) is 0 Å². The van der Waals surface area contributed by atoms with E-state index >= 15 is 0 Å². The molecule has 0 bridgehead atoms. The molecule has 0 saturated heterocycles. The summed E-state index contributed by atoms with van der Waals surface area (Å²) in [4.78, 5) is -0.363. The Morgan fingerprint density at radius 2 is 0.688 bits per heavy atom. The van der Waals surface area contributed by atoms with Crippen molar-refractivity contribution in [1.82, 2.24) is 0 Å². The fraction of sp³-hybridized carbons (Fsp3) is 1.00. The number of rotatable bonds is 11. The standard InChI is InChI=1S/C12H22Cl4/c13-11(14)9-7-5-3-1-2-4-6-8-10-12(15)16/h11-12H,1-10H2. The Labute approximate surface area is 120 Å². The van der Waals surface area contributed by atoms with Gasteiger partial charge < -0.3 is 0 Å².